The average Bonchev–Trinajstić information content (AvgIpc) is 3.22. The van der Waals surface area contributed by atoms with E-state index in [2.05, 4.69) is 53.7 Å². The van der Waals surface area contributed by atoms with Crippen LogP contribution in [-0.2, 0) is 11.2 Å². The van der Waals surface area contributed by atoms with E-state index in [1.54, 1.807) is 6.07 Å². The summed E-state index contributed by atoms with van der Waals surface area (Å²) in [6, 6.07) is 17.8. The number of aromatic nitrogens is 1. The molecule has 4 rings (SSSR count). The van der Waals surface area contributed by atoms with Crippen LogP contribution in [0.5, 0.6) is 0 Å². The summed E-state index contributed by atoms with van der Waals surface area (Å²) >= 11 is 1.37. The maximum atomic E-state index is 13.0. The summed E-state index contributed by atoms with van der Waals surface area (Å²) in [5, 5.41) is 6.53. The zero-order valence-corrected chi connectivity index (χ0v) is 22.5. The van der Waals surface area contributed by atoms with Crippen molar-refractivity contribution in [2.75, 3.05) is 10.6 Å². The summed E-state index contributed by atoms with van der Waals surface area (Å²) in [7, 11) is 0. The molecule has 4 aromatic rings. The van der Waals surface area contributed by atoms with Crippen molar-refractivity contribution < 1.29 is 9.59 Å². The minimum Gasteiger partial charge on any atom is -0.322 e. The first-order valence-electron chi connectivity index (χ1n) is 12.3. The smallest absolute Gasteiger partial charge is 0.255 e. The molecule has 0 aliphatic heterocycles. The van der Waals surface area contributed by atoms with Crippen LogP contribution in [-0.4, -0.2) is 16.8 Å². The van der Waals surface area contributed by atoms with Gasteiger partial charge in [0.25, 0.3) is 5.91 Å². The van der Waals surface area contributed by atoms with Crippen molar-refractivity contribution >= 4 is 44.2 Å². The highest BCUT2D eigenvalue weighted by Gasteiger charge is 2.18. The van der Waals surface area contributed by atoms with Gasteiger partial charge in [-0.05, 0) is 80.5 Å². The van der Waals surface area contributed by atoms with Crippen LogP contribution in [0, 0.1) is 26.7 Å². The molecule has 6 heteroatoms. The SMILES string of the molecule is Cc1cc(C)c(NC(=O)c2ccc3nc(NC(=O)C(C)c4ccc(CC(C)C)cc4)sc3c2)c(C)c1. The number of hydrogen-bond acceptors (Lipinski definition) is 4. The number of nitrogens with one attached hydrogen (secondary N) is 2. The number of anilines is 2. The van der Waals surface area contributed by atoms with E-state index in [1.807, 2.05) is 52.0 Å². The third-order valence-corrected chi connectivity index (χ3v) is 7.25. The maximum absolute atomic E-state index is 13.0. The van der Waals surface area contributed by atoms with Crippen molar-refractivity contribution in [1.29, 1.82) is 0 Å². The fraction of sp³-hybridized carbons (Fsp3) is 0.300. The fourth-order valence-corrected chi connectivity index (χ4v) is 5.37. The van der Waals surface area contributed by atoms with Crippen LogP contribution in [0.1, 0.15) is 64.9 Å². The highest BCUT2D eigenvalue weighted by atomic mass is 32.1. The van der Waals surface area contributed by atoms with Gasteiger partial charge in [-0.25, -0.2) is 4.98 Å². The van der Waals surface area contributed by atoms with Crippen molar-refractivity contribution in [2.45, 2.75) is 53.9 Å². The van der Waals surface area contributed by atoms with Gasteiger partial charge in [-0.1, -0.05) is 67.1 Å². The summed E-state index contributed by atoms with van der Waals surface area (Å²) < 4.78 is 0.848. The molecule has 1 atom stereocenters. The number of fused-ring (bicyclic) bond motifs is 1. The van der Waals surface area contributed by atoms with Gasteiger partial charge in [-0.2, -0.15) is 0 Å². The standard InChI is InChI=1S/C30H33N3O2S/c1-17(2)13-22-7-9-23(10-8-22)21(6)28(34)33-30-31-25-12-11-24(16-26(25)36-30)29(35)32-27-19(4)14-18(3)15-20(27)5/h7-12,14-17,21H,13H2,1-6H3,(H,32,35)(H,31,33,34). The van der Waals surface area contributed by atoms with E-state index in [9.17, 15) is 9.59 Å². The molecule has 0 saturated heterocycles. The Kier molecular flexibility index (Phi) is 7.55. The molecule has 5 nitrogen and oxygen atoms in total. The second-order valence-electron chi connectivity index (χ2n) is 9.98. The molecule has 0 spiro atoms. The van der Waals surface area contributed by atoms with E-state index in [0.29, 0.717) is 16.6 Å². The number of aryl methyl sites for hydroxylation is 3. The number of carbonyl (C=O) groups excluding carboxylic acids is 2. The van der Waals surface area contributed by atoms with Crippen LogP contribution >= 0.6 is 11.3 Å². The monoisotopic (exact) mass is 499 g/mol. The third kappa shape index (κ3) is 5.82. The van der Waals surface area contributed by atoms with Crippen LogP contribution in [0.25, 0.3) is 10.2 Å². The van der Waals surface area contributed by atoms with Gasteiger partial charge in [0.2, 0.25) is 5.91 Å². The lowest BCUT2D eigenvalue weighted by Crippen LogP contribution is -2.18. The van der Waals surface area contributed by atoms with E-state index < -0.39 is 0 Å². The van der Waals surface area contributed by atoms with Gasteiger partial charge >= 0.3 is 0 Å². The zero-order chi connectivity index (χ0) is 26.0. The summed E-state index contributed by atoms with van der Waals surface area (Å²) in [6.45, 7) is 12.3. The van der Waals surface area contributed by atoms with Gasteiger partial charge in [0.05, 0.1) is 16.1 Å². The molecular formula is C30H33N3O2S. The molecule has 1 unspecified atom stereocenters. The first kappa shape index (κ1) is 25.6. The first-order chi connectivity index (χ1) is 17.1. The lowest BCUT2D eigenvalue weighted by atomic mass is 9.96. The van der Waals surface area contributed by atoms with Gasteiger partial charge in [-0.15, -0.1) is 0 Å². The summed E-state index contributed by atoms with van der Waals surface area (Å²) in [5.41, 5.74) is 7.64. The zero-order valence-electron chi connectivity index (χ0n) is 21.7. The normalized spacial score (nSPS) is 12.1. The van der Waals surface area contributed by atoms with Gasteiger partial charge in [0.15, 0.2) is 5.13 Å². The Balaban J connectivity index is 1.46. The Morgan fingerprint density at radius 1 is 0.889 bits per heavy atom. The molecular weight excluding hydrogens is 466 g/mol. The molecule has 186 valence electrons. The molecule has 0 aliphatic rings. The molecule has 1 aromatic heterocycles. The van der Waals surface area contributed by atoms with Gasteiger partial charge in [0.1, 0.15) is 0 Å². The summed E-state index contributed by atoms with van der Waals surface area (Å²) in [5.74, 6) is 0.0277. The van der Waals surface area contributed by atoms with E-state index >= 15 is 0 Å². The van der Waals surface area contributed by atoms with Gasteiger partial charge < -0.3 is 10.6 Å². The average molecular weight is 500 g/mol. The number of nitrogens with zero attached hydrogens (tertiary/aromatic N) is 1. The Hall–Kier alpha value is -3.51. The molecule has 0 bridgehead atoms. The van der Waals surface area contributed by atoms with Crippen molar-refractivity contribution in [3.63, 3.8) is 0 Å². The highest BCUT2D eigenvalue weighted by molar-refractivity contribution is 7.22. The fourth-order valence-electron chi connectivity index (χ4n) is 4.46. The Morgan fingerprint density at radius 2 is 1.56 bits per heavy atom. The van der Waals surface area contributed by atoms with E-state index in [1.165, 1.54) is 22.5 Å². The largest absolute Gasteiger partial charge is 0.322 e. The molecule has 0 fully saturated rings. The lowest BCUT2D eigenvalue weighted by molar-refractivity contribution is -0.117. The Labute approximate surface area is 217 Å². The van der Waals surface area contributed by atoms with Crippen molar-refractivity contribution in [3.8, 4) is 0 Å². The van der Waals surface area contributed by atoms with E-state index in [4.69, 9.17) is 0 Å². The minimum absolute atomic E-state index is 0.103. The summed E-state index contributed by atoms with van der Waals surface area (Å²) in [6.07, 6.45) is 1.02. The number of hydrogen-bond donors (Lipinski definition) is 2. The predicted molar refractivity (Wildman–Crippen MR) is 150 cm³/mol. The molecule has 2 N–H and O–H groups in total. The third-order valence-electron chi connectivity index (χ3n) is 6.31. The molecule has 2 amide bonds. The molecule has 0 aliphatic carbocycles. The maximum Gasteiger partial charge on any atom is 0.255 e. The van der Waals surface area contributed by atoms with Crippen LogP contribution in [0.2, 0.25) is 0 Å². The number of carbonyl (C=O) groups is 2. The van der Waals surface area contributed by atoms with Crippen LogP contribution in [0.3, 0.4) is 0 Å². The van der Waals surface area contributed by atoms with Gasteiger partial charge in [0, 0.05) is 11.3 Å². The molecule has 1 heterocycles. The van der Waals surface area contributed by atoms with Gasteiger partial charge in [-0.3, -0.25) is 9.59 Å². The first-order valence-corrected chi connectivity index (χ1v) is 13.1. The second kappa shape index (κ2) is 10.6. The number of rotatable bonds is 7. The Bertz CT molecular complexity index is 1400. The predicted octanol–water partition coefficient (Wildman–Crippen LogP) is 7.41. The summed E-state index contributed by atoms with van der Waals surface area (Å²) in [4.78, 5) is 30.4. The number of thiazole rings is 1. The molecule has 0 saturated carbocycles. The highest BCUT2D eigenvalue weighted by Crippen LogP contribution is 2.29. The quantitative estimate of drug-likeness (QED) is 0.278. The molecule has 36 heavy (non-hydrogen) atoms. The van der Waals surface area contributed by atoms with Crippen LogP contribution in [0.4, 0.5) is 10.8 Å². The topological polar surface area (TPSA) is 71.1 Å². The van der Waals surface area contributed by atoms with Crippen molar-refractivity contribution in [1.82, 2.24) is 4.98 Å². The van der Waals surface area contributed by atoms with E-state index in [-0.39, 0.29) is 17.7 Å². The van der Waals surface area contributed by atoms with Crippen LogP contribution < -0.4 is 10.6 Å². The van der Waals surface area contributed by atoms with Crippen LogP contribution in [0.15, 0.2) is 54.6 Å². The molecule has 3 aromatic carbocycles. The van der Waals surface area contributed by atoms with E-state index in [0.717, 1.165) is 39.0 Å². The van der Waals surface area contributed by atoms with Crippen molar-refractivity contribution in [3.05, 3.63) is 88.0 Å². The number of amides is 2. The second-order valence-corrected chi connectivity index (χ2v) is 11.0. The number of benzene rings is 3. The Morgan fingerprint density at radius 3 is 2.19 bits per heavy atom. The minimum atomic E-state index is -0.299. The lowest BCUT2D eigenvalue weighted by Gasteiger charge is -2.13. The van der Waals surface area contributed by atoms with Crippen molar-refractivity contribution in [2.24, 2.45) is 5.92 Å². The molecule has 0 radical (unpaired) electrons.